The number of carbonyl (C=O) groups excluding carboxylic acids is 1. The molecule has 2 rings (SSSR count). The van der Waals surface area contributed by atoms with Crippen LogP contribution in [0.3, 0.4) is 0 Å². The molecule has 0 aromatic heterocycles. The molecule has 0 saturated heterocycles. The van der Waals surface area contributed by atoms with Crippen molar-refractivity contribution in [3.8, 4) is 0 Å². The number of amides is 1. The van der Waals surface area contributed by atoms with Crippen LogP contribution >= 0.6 is 11.8 Å². The molecule has 0 heterocycles. The van der Waals surface area contributed by atoms with Crippen LogP contribution in [0.15, 0.2) is 54.6 Å². The van der Waals surface area contributed by atoms with Gasteiger partial charge in [0.25, 0.3) is 0 Å². The van der Waals surface area contributed by atoms with Crippen LogP contribution in [-0.2, 0) is 11.5 Å². The molecule has 0 bridgehead atoms. The molecule has 92 valence electrons. The lowest BCUT2D eigenvalue weighted by Crippen LogP contribution is -2.10. The lowest BCUT2D eigenvalue weighted by atomic mass is 10.1. The second-order valence-electron chi connectivity index (χ2n) is 4.04. The fourth-order valence-electron chi connectivity index (χ4n) is 1.63. The van der Waals surface area contributed by atoms with Crippen LogP contribution in [0.5, 0.6) is 0 Å². The number of primary amides is 1. The van der Waals surface area contributed by atoms with E-state index >= 15 is 0 Å². The number of benzene rings is 2. The smallest absolute Gasteiger partial charge is 0.248 e. The molecule has 0 unspecified atom stereocenters. The summed E-state index contributed by atoms with van der Waals surface area (Å²) in [7, 11) is 0. The molecule has 0 fully saturated rings. The topological polar surface area (TPSA) is 43.1 Å². The Kier molecular flexibility index (Phi) is 4.42. The van der Waals surface area contributed by atoms with Crippen LogP contribution in [0.25, 0.3) is 0 Å². The predicted octanol–water partition coefficient (Wildman–Crippen LogP) is 3.22. The third-order valence-electron chi connectivity index (χ3n) is 2.62. The molecular formula is C15H15NOS. The molecule has 3 heteroatoms. The standard InChI is InChI=1S/C15H15NOS/c16-15(17)14-8-6-13(7-9-14)11-18-10-12-4-2-1-3-5-12/h1-9H,10-11H2,(H2,16,17). The Morgan fingerprint density at radius 3 is 2.00 bits per heavy atom. The Hall–Kier alpha value is -1.74. The lowest BCUT2D eigenvalue weighted by molar-refractivity contribution is 0.100. The molecule has 0 radical (unpaired) electrons. The minimum absolute atomic E-state index is 0.376. The number of rotatable bonds is 5. The Morgan fingerprint density at radius 2 is 1.44 bits per heavy atom. The lowest BCUT2D eigenvalue weighted by Gasteiger charge is -2.03. The molecule has 1 amide bonds. The van der Waals surface area contributed by atoms with Gasteiger partial charge in [0.1, 0.15) is 0 Å². The van der Waals surface area contributed by atoms with Crippen molar-refractivity contribution < 1.29 is 4.79 Å². The molecule has 0 aliphatic heterocycles. The fourth-order valence-corrected chi connectivity index (χ4v) is 2.58. The molecular weight excluding hydrogens is 242 g/mol. The summed E-state index contributed by atoms with van der Waals surface area (Å²) < 4.78 is 0. The molecule has 2 nitrogen and oxygen atoms in total. The van der Waals surface area contributed by atoms with Crippen LogP contribution < -0.4 is 5.73 Å². The Labute approximate surface area is 111 Å². The van der Waals surface area contributed by atoms with Crippen molar-refractivity contribution in [1.82, 2.24) is 0 Å². The second-order valence-corrected chi connectivity index (χ2v) is 5.03. The van der Waals surface area contributed by atoms with Gasteiger partial charge >= 0.3 is 0 Å². The highest BCUT2D eigenvalue weighted by Crippen LogP contribution is 2.17. The van der Waals surface area contributed by atoms with Crippen molar-refractivity contribution >= 4 is 17.7 Å². The van der Waals surface area contributed by atoms with Gasteiger partial charge in [0.2, 0.25) is 5.91 Å². The third kappa shape index (κ3) is 3.64. The van der Waals surface area contributed by atoms with Gasteiger partial charge in [-0.15, -0.1) is 0 Å². The van der Waals surface area contributed by atoms with Crippen LogP contribution in [0.1, 0.15) is 21.5 Å². The quantitative estimate of drug-likeness (QED) is 0.893. The number of carbonyl (C=O) groups is 1. The maximum atomic E-state index is 10.9. The number of thioether (sulfide) groups is 1. The molecule has 0 aliphatic rings. The Bertz CT molecular complexity index is 508. The summed E-state index contributed by atoms with van der Waals surface area (Å²) in [4.78, 5) is 10.9. The molecule has 2 aromatic rings. The third-order valence-corrected chi connectivity index (χ3v) is 3.69. The average molecular weight is 257 g/mol. The summed E-state index contributed by atoms with van der Waals surface area (Å²) in [6.07, 6.45) is 0. The van der Waals surface area contributed by atoms with E-state index in [-0.39, 0.29) is 5.91 Å². The van der Waals surface area contributed by atoms with Crippen LogP contribution in [0, 0.1) is 0 Å². The van der Waals surface area contributed by atoms with Crippen LogP contribution in [-0.4, -0.2) is 5.91 Å². The van der Waals surface area contributed by atoms with Gasteiger partial charge in [0.05, 0.1) is 0 Å². The molecule has 2 aromatic carbocycles. The highest BCUT2D eigenvalue weighted by Gasteiger charge is 2.00. The molecule has 0 aliphatic carbocycles. The number of hydrogen-bond acceptors (Lipinski definition) is 2. The predicted molar refractivity (Wildman–Crippen MR) is 76.4 cm³/mol. The van der Waals surface area contributed by atoms with E-state index < -0.39 is 0 Å². The first-order valence-electron chi connectivity index (χ1n) is 5.76. The first-order chi connectivity index (χ1) is 8.75. The summed E-state index contributed by atoms with van der Waals surface area (Å²) >= 11 is 1.86. The van der Waals surface area contributed by atoms with Crippen LogP contribution in [0.2, 0.25) is 0 Å². The van der Waals surface area contributed by atoms with Crippen molar-refractivity contribution in [2.24, 2.45) is 5.73 Å². The van der Waals surface area contributed by atoms with Crippen LogP contribution in [0.4, 0.5) is 0 Å². The fraction of sp³-hybridized carbons (Fsp3) is 0.133. The molecule has 18 heavy (non-hydrogen) atoms. The minimum Gasteiger partial charge on any atom is -0.366 e. The first kappa shape index (κ1) is 12.7. The summed E-state index contributed by atoms with van der Waals surface area (Å²) in [5.74, 6) is 1.56. The van der Waals surface area contributed by atoms with Crippen molar-refractivity contribution in [3.05, 3.63) is 71.3 Å². The first-order valence-corrected chi connectivity index (χ1v) is 6.91. The maximum Gasteiger partial charge on any atom is 0.248 e. The zero-order valence-electron chi connectivity index (χ0n) is 10.0. The average Bonchev–Trinajstić information content (AvgIpc) is 2.40. The highest BCUT2D eigenvalue weighted by atomic mass is 32.2. The van der Waals surface area contributed by atoms with Gasteiger partial charge in [-0.1, -0.05) is 42.5 Å². The van der Waals surface area contributed by atoms with Gasteiger partial charge in [-0.2, -0.15) is 11.8 Å². The number of hydrogen-bond donors (Lipinski definition) is 1. The van der Waals surface area contributed by atoms with Gasteiger partial charge in [-0.25, -0.2) is 0 Å². The van der Waals surface area contributed by atoms with E-state index in [1.807, 2.05) is 30.0 Å². The summed E-state index contributed by atoms with van der Waals surface area (Å²) in [5, 5.41) is 0. The molecule has 0 saturated carbocycles. The summed E-state index contributed by atoms with van der Waals surface area (Å²) in [6.45, 7) is 0. The van der Waals surface area contributed by atoms with Gasteiger partial charge in [0.15, 0.2) is 0 Å². The zero-order valence-corrected chi connectivity index (χ0v) is 10.8. The van der Waals surface area contributed by atoms with Gasteiger partial charge in [0, 0.05) is 17.1 Å². The van der Waals surface area contributed by atoms with Gasteiger partial charge in [-0.3, -0.25) is 4.79 Å². The van der Waals surface area contributed by atoms with Gasteiger partial charge < -0.3 is 5.73 Å². The molecule has 0 spiro atoms. The van der Waals surface area contributed by atoms with Crippen molar-refractivity contribution in [2.75, 3.05) is 0 Å². The second kappa shape index (κ2) is 6.26. The highest BCUT2D eigenvalue weighted by molar-refractivity contribution is 7.97. The minimum atomic E-state index is -0.376. The summed E-state index contributed by atoms with van der Waals surface area (Å²) in [5.41, 5.74) is 8.30. The van der Waals surface area contributed by atoms with E-state index in [4.69, 9.17) is 5.73 Å². The van der Waals surface area contributed by atoms with E-state index in [0.717, 1.165) is 11.5 Å². The van der Waals surface area contributed by atoms with Crippen molar-refractivity contribution in [3.63, 3.8) is 0 Å². The van der Waals surface area contributed by atoms with E-state index in [9.17, 15) is 4.79 Å². The normalized spacial score (nSPS) is 10.2. The van der Waals surface area contributed by atoms with E-state index in [1.54, 1.807) is 12.1 Å². The largest absolute Gasteiger partial charge is 0.366 e. The van der Waals surface area contributed by atoms with E-state index in [0.29, 0.717) is 5.56 Å². The zero-order chi connectivity index (χ0) is 12.8. The Balaban J connectivity index is 1.85. The van der Waals surface area contributed by atoms with E-state index in [2.05, 4.69) is 24.3 Å². The number of nitrogens with two attached hydrogens (primary N) is 1. The maximum absolute atomic E-state index is 10.9. The SMILES string of the molecule is NC(=O)c1ccc(CSCc2ccccc2)cc1. The Morgan fingerprint density at radius 1 is 0.889 bits per heavy atom. The van der Waals surface area contributed by atoms with Gasteiger partial charge in [-0.05, 0) is 23.3 Å². The van der Waals surface area contributed by atoms with Crippen molar-refractivity contribution in [1.29, 1.82) is 0 Å². The van der Waals surface area contributed by atoms with Crippen molar-refractivity contribution in [2.45, 2.75) is 11.5 Å². The van der Waals surface area contributed by atoms with E-state index in [1.165, 1.54) is 11.1 Å². The monoisotopic (exact) mass is 257 g/mol. The molecule has 2 N–H and O–H groups in total. The molecule has 0 atom stereocenters. The summed E-state index contributed by atoms with van der Waals surface area (Å²) in [6, 6.07) is 17.9.